The number of imidazole rings is 2. The number of aromatic nitrogens is 8. The van der Waals surface area contributed by atoms with E-state index < -0.39 is 72.6 Å². The minimum atomic E-state index is -4.35. The van der Waals surface area contributed by atoms with Crippen LogP contribution in [0.3, 0.4) is 0 Å². The van der Waals surface area contributed by atoms with E-state index in [-0.39, 0.29) is 35.8 Å². The van der Waals surface area contributed by atoms with E-state index in [2.05, 4.69) is 34.6 Å². The molecule has 7 atom stereocenters. The summed E-state index contributed by atoms with van der Waals surface area (Å²) in [5.41, 5.74) is 11.7. The second kappa shape index (κ2) is 10.5. The van der Waals surface area contributed by atoms with E-state index in [1.54, 1.807) is 4.57 Å². The molecule has 43 heavy (non-hydrogen) atoms. The highest BCUT2D eigenvalue weighted by Crippen LogP contribution is 2.47. The third kappa shape index (κ3) is 5.39. The molecule has 0 spiro atoms. The van der Waals surface area contributed by atoms with E-state index in [4.69, 9.17) is 46.0 Å². The average molecular weight is 657 g/mol. The summed E-state index contributed by atoms with van der Waals surface area (Å²) in [6.45, 7) is -5.06. The Morgan fingerprint density at radius 1 is 1.02 bits per heavy atom. The smallest absolute Gasteiger partial charge is 0.336 e. The highest BCUT2D eigenvalue weighted by molar-refractivity contribution is 8.06. The molecule has 20 nitrogen and oxygen atoms in total. The van der Waals surface area contributed by atoms with E-state index in [1.165, 1.54) is 23.5 Å². The van der Waals surface area contributed by atoms with Crippen molar-refractivity contribution in [1.82, 2.24) is 43.8 Å². The molecule has 3 fully saturated rings. The number of hydrogen-bond donors (Lipinski definition) is 4. The molecule has 0 amide bonds. The molecule has 4 aromatic rings. The number of aromatic amines is 1. The fourth-order valence-corrected chi connectivity index (χ4v) is 7.74. The van der Waals surface area contributed by atoms with Gasteiger partial charge in [-0.2, -0.15) is 18.1 Å². The molecule has 1 unspecified atom stereocenters. The summed E-state index contributed by atoms with van der Waals surface area (Å²) in [6, 6.07) is -0.889. The summed E-state index contributed by atoms with van der Waals surface area (Å²) in [5, 5.41) is 0. The first-order valence-electron chi connectivity index (χ1n) is 12.7. The van der Waals surface area contributed by atoms with Crippen molar-refractivity contribution in [2.75, 3.05) is 24.7 Å². The first-order valence-corrected chi connectivity index (χ1v) is 16.7. The molecule has 3 saturated heterocycles. The zero-order valence-electron chi connectivity index (χ0n) is 21.7. The van der Waals surface area contributed by atoms with E-state index in [0.717, 1.165) is 0 Å². The lowest BCUT2D eigenvalue weighted by Gasteiger charge is -2.33. The van der Waals surface area contributed by atoms with Gasteiger partial charge in [0.15, 0.2) is 28.9 Å². The lowest BCUT2D eigenvalue weighted by molar-refractivity contribution is -0.216. The van der Waals surface area contributed by atoms with Crippen molar-refractivity contribution in [2.24, 2.45) is 0 Å². The Morgan fingerprint density at radius 3 is 2.65 bits per heavy atom. The maximum Gasteiger partial charge on any atom is 0.336 e. The number of nitrogens with one attached hydrogen (secondary N) is 2. The van der Waals surface area contributed by atoms with Crippen LogP contribution in [-0.2, 0) is 44.8 Å². The van der Waals surface area contributed by atoms with Crippen LogP contribution in [0.5, 0.6) is 0 Å². The van der Waals surface area contributed by atoms with Crippen LogP contribution in [-0.4, -0.2) is 85.0 Å². The fourth-order valence-electron chi connectivity index (χ4n) is 5.30. The van der Waals surface area contributed by atoms with Gasteiger partial charge in [-0.25, -0.2) is 19.9 Å². The molecule has 0 saturated carbocycles. The number of ether oxygens (including phenoxy) is 2. The number of rotatable bonds is 2. The molecule has 0 radical (unpaired) electrons. The molecule has 23 heteroatoms. The van der Waals surface area contributed by atoms with Gasteiger partial charge in [-0.1, -0.05) is 11.8 Å². The monoisotopic (exact) mass is 656 g/mol. The number of nitrogens with two attached hydrogens (primary N) is 2. The number of anilines is 2. The van der Waals surface area contributed by atoms with Gasteiger partial charge in [0.25, 0.3) is 5.56 Å². The van der Waals surface area contributed by atoms with Gasteiger partial charge < -0.3 is 34.9 Å². The Morgan fingerprint density at radius 2 is 1.81 bits per heavy atom. The maximum atomic E-state index is 13.4. The molecule has 2 bridgehead atoms. The van der Waals surface area contributed by atoms with Crippen molar-refractivity contribution in [1.29, 1.82) is 0 Å². The van der Waals surface area contributed by atoms with E-state index in [9.17, 15) is 18.1 Å². The number of fused-ring (bicyclic) bond motifs is 5. The van der Waals surface area contributed by atoms with Crippen LogP contribution in [0.25, 0.3) is 22.3 Å². The summed E-state index contributed by atoms with van der Waals surface area (Å²) in [6.07, 6.45) is -0.652. The van der Waals surface area contributed by atoms with Crippen LogP contribution >= 0.6 is 6.72 Å². The highest BCUT2D eigenvalue weighted by atomic mass is 32.5. The largest absolute Gasteiger partial charge is 0.780 e. The SMILES string of the molecule is Nc1nc2c(ncn2[C@@H]2O[C@@H]3COS(=O)(=O)N[C@H]4C[C@H](n5cnc6c(N)ncnc65)O[C@@H]4COP([O-])(=S)O[C@@H]2C3)c(=O)[nH]1. The third-order valence-electron chi connectivity index (χ3n) is 7.17. The summed E-state index contributed by atoms with van der Waals surface area (Å²) in [7, 11) is -4.35. The fraction of sp³-hybridized carbons (Fsp3) is 0.500. The molecule has 230 valence electrons. The molecule has 6 N–H and O–H groups in total. The number of hydrogen-bond acceptors (Lipinski definition) is 17. The van der Waals surface area contributed by atoms with Gasteiger partial charge in [-0.3, -0.25) is 23.1 Å². The predicted molar refractivity (Wildman–Crippen MR) is 146 cm³/mol. The van der Waals surface area contributed by atoms with Crippen molar-refractivity contribution in [3.63, 3.8) is 0 Å². The second-order valence-corrected chi connectivity index (χ2v) is 14.0. The number of H-pyrrole nitrogens is 1. The molecule has 0 aliphatic carbocycles. The predicted octanol–water partition coefficient (Wildman–Crippen LogP) is -2.08. The topological polar surface area (TPSA) is 275 Å². The molecule has 7 rings (SSSR count). The van der Waals surface area contributed by atoms with Crippen molar-refractivity contribution < 1.29 is 36.0 Å². The molecule has 4 aromatic heterocycles. The van der Waals surface area contributed by atoms with Crippen LogP contribution in [0, 0.1) is 0 Å². The second-order valence-electron chi connectivity index (χ2n) is 9.96. The quantitative estimate of drug-likeness (QED) is 0.168. The van der Waals surface area contributed by atoms with Crippen molar-refractivity contribution in [3.05, 3.63) is 29.3 Å². The van der Waals surface area contributed by atoms with Crippen LogP contribution in [0.2, 0.25) is 0 Å². The van der Waals surface area contributed by atoms with Crippen molar-refractivity contribution >= 4 is 62.9 Å². The molecular formula is C20H23N11O9PS2-. The number of nitrogens with zero attached hydrogens (tertiary/aromatic N) is 7. The molecule has 0 aromatic carbocycles. The van der Waals surface area contributed by atoms with Crippen LogP contribution in [0.1, 0.15) is 25.3 Å². The molecule has 3 aliphatic heterocycles. The summed E-state index contributed by atoms with van der Waals surface area (Å²) < 4.78 is 60.0. The zero-order valence-corrected chi connectivity index (χ0v) is 24.3. The van der Waals surface area contributed by atoms with Gasteiger partial charge in [0, 0.05) is 12.8 Å². The summed E-state index contributed by atoms with van der Waals surface area (Å²) >= 11 is 5.20. The van der Waals surface area contributed by atoms with Gasteiger partial charge in [0.1, 0.15) is 37.0 Å². The van der Waals surface area contributed by atoms with Gasteiger partial charge in [-0.05, 0) is 0 Å². The van der Waals surface area contributed by atoms with Crippen LogP contribution < -0.4 is 26.6 Å². The van der Waals surface area contributed by atoms with E-state index in [1.807, 2.05) is 0 Å². The number of nitrogen functional groups attached to an aromatic ring is 2. The van der Waals surface area contributed by atoms with E-state index >= 15 is 0 Å². The Labute approximate surface area is 246 Å². The normalized spacial score (nSPS) is 33.1. The minimum Gasteiger partial charge on any atom is -0.780 e. The van der Waals surface area contributed by atoms with Gasteiger partial charge in [0.2, 0.25) is 5.95 Å². The Bertz CT molecular complexity index is 1930. The zero-order chi connectivity index (χ0) is 30.1. The molecule has 7 heterocycles. The standard InChI is InChI=1S/C20H24N11O9PS2/c21-15-13-16(24-5-23-15)30(6-25-13)12-2-9-11(39-12)4-36-41(33,42)40-10-1-8(3-37-43(34,35)29-9)38-19(10)31-7-26-14-17(31)27-20(22)28-18(14)32/h5-12,19,29H,1-4H2,(H,33,42)(H2,21,23,24)(H3,22,27,28,32)/p-1/t8-,9-,10+,11+,12+,19+,41?/m0/s1. The van der Waals surface area contributed by atoms with Crippen molar-refractivity contribution in [3.8, 4) is 0 Å². The summed E-state index contributed by atoms with van der Waals surface area (Å²) in [5.74, 6) is -0.00830. The highest BCUT2D eigenvalue weighted by Gasteiger charge is 2.44. The first-order chi connectivity index (χ1) is 20.5. The molecular weight excluding hydrogens is 633 g/mol. The Kier molecular flexibility index (Phi) is 6.96. The van der Waals surface area contributed by atoms with Crippen LogP contribution in [0.4, 0.5) is 11.8 Å². The van der Waals surface area contributed by atoms with Gasteiger partial charge in [-0.15, -0.1) is 0 Å². The maximum absolute atomic E-state index is 13.4. The van der Waals surface area contributed by atoms with Gasteiger partial charge >= 0.3 is 10.3 Å². The lowest BCUT2D eigenvalue weighted by Crippen LogP contribution is -2.43. The Hall–Kier alpha value is -3.18. The van der Waals surface area contributed by atoms with E-state index in [0.29, 0.717) is 11.2 Å². The van der Waals surface area contributed by atoms with Crippen molar-refractivity contribution in [2.45, 2.75) is 49.7 Å². The third-order valence-corrected chi connectivity index (χ3v) is 9.78. The minimum absolute atomic E-state index is 0.00659. The molecule has 3 aliphatic rings. The first kappa shape index (κ1) is 28.6. The summed E-state index contributed by atoms with van der Waals surface area (Å²) in [4.78, 5) is 48.5. The average Bonchev–Trinajstić information content (AvgIpc) is 3.71. The van der Waals surface area contributed by atoms with Gasteiger partial charge in [0.05, 0.1) is 38.0 Å². The van der Waals surface area contributed by atoms with Crippen LogP contribution in [0.15, 0.2) is 23.8 Å². The lowest BCUT2D eigenvalue weighted by atomic mass is 10.1. The Balaban J connectivity index is 1.17.